The fraction of sp³-hybridized carbons (Fsp3) is 0.261. The standard InChI is InChI=1S/C23H23NO6/c1-14(2)22(24-20(26)10-15-6-4-3-5-7-15)23(28)29-13-16-11-21(27)30-19-12-17(25)8-9-18(16)19/h3-9,11-12,14,22,25H,10,13H2,1-2H3,(H,24,26)/t22-/m0/s1. The first-order chi connectivity index (χ1) is 14.3. The van der Waals surface area contributed by atoms with Gasteiger partial charge in [0.05, 0.1) is 6.42 Å². The van der Waals surface area contributed by atoms with Crippen molar-refractivity contribution in [1.82, 2.24) is 5.32 Å². The smallest absolute Gasteiger partial charge is 0.336 e. The van der Waals surface area contributed by atoms with E-state index in [4.69, 9.17) is 9.15 Å². The predicted molar refractivity (Wildman–Crippen MR) is 111 cm³/mol. The largest absolute Gasteiger partial charge is 0.508 e. The van der Waals surface area contributed by atoms with Gasteiger partial charge in [0.15, 0.2) is 0 Å². The van der Waals surface area contributed by atoms with Crippen LogP contribution < -0.4 is 10.9 Å². The van der Waals surface area contributed by atoms with Crippen LogP contribution in [0.2, 0.25) is 0 Å². The number of carbonyl (C=O) groups excluding carboxylic acids is 2. The van der Waals surface area contributed by atoms with Crippen LogP contribution in [0.5, 0.6) is 5.75 Å². The number of benzene rings is 2. The molecule has 7 nitrogen and oxygen atoms in total. The molecular weight excluding hydrogens is 386 g/mol. The number of phenols is 1. The monoisotopic (exact) mass is 409 g/mol. The maximum atomic E-state index is 12.6. The van der Waals surface area contributed by atoms with E-state index in [1.807, 2.05) is 44.2 Å². The van der Waals surface area contributed by atoms with Gasteiger partial charge in [0.2, 0.25) is 5.91 Å². The van der Waals surface area contributed by atoms with E-state index in [1.54, 1.807) is 6.07 Å². The molecule has 1 heterocycles. The van der Waals surface area contributed by atoms with Crippen molar-refractivity contribution in [2.45, 2.75) is 32.9 Å². The summed E-state index contributed by atoms with van der Waals surface area (Å²) in [6, 6.07) is 14.0. The van der Waals surface area contributed by atoms with E-state index in [-0.39, 0.29) is 36.2 Å². The Bertz CT molecular complexity index is 1100. The summed E-state index contributed by atoms with van der Waals surface area (Å²) >= 11 is 0. The maximum absolute atomic E-state index is 12.6. The Kier molecular flexibility index (Phi) is 6.51. The number of ether oxygens (including phenoxy) is 1. The van der Waals surface area contributed by atoms with Crippen molar-refractivity contribution < 1.29 is 23.8 Å². The summed E-state index contributed by atoms with van der Waals surface area (Å²) in [6.45, 7) is 3.46. The molecule has 0 saturated carbocycles. The molecule has 1 atom stereocenters. The van der Waals surface area contributed by atoms with Gasteiger partial charge >= 0.3 is 11.6 Å². The minimum Gasteiger partial charge on any atom is -0.508 e. The summed E-state index contributed by atoms with van der Waals surface area (Å²) in [5, 5.41) is 12.8. The van der Waals surface area contributed by atoms with E-state index in [2.05, 4.69) is 5.32 Å². The van der Waals surface area contributed by atoms with Gasteiger partial charge in [-0.2, -0.15) is 0 Å². The summed E-state index contributed by atoms with van der Waals surface area (Å²) in [5.74, 6) is -1.10. The Morgan fingerprint density at radius 1 is 1.10 bits per heavy atom. The number of nitrogens with one attached hydrogen (secondary N) is 1. The molecule has 2 N–H and O–H groups in total. The molecule has 0 fully saturated rings. The molecular formula is C23H23NO6. The Balaban J connectivity index is 1.69. The topological polar surface area (TPSA) is 106 Å². The first-order valence-electron chi connectivity index (χ1n) is 9.59. The van der Waals surface area contributed by atoms with E-state index in [9.17, 15) is 19.5 Å². The molecule has 0 spiro atoms. The number of aromatic hydroxyl groups is 1. The number of hydrogen-bond acceptors (Lipinski definition) is 6. The minimum absolute atomic E-state index is 0.0409. The average Bonchev–Trinajstić information content (AvgIpc) is 2.70. The fourth-order valence-corrected chi connectivity index (χ4v) is 3.08. The van der Waals surface area contributed by atoms with Gasteiger partial charge in [0, 0.05) is 23.1 Å². The van der Waals surface area contributed by atoms with Crippen molar-refractivity contribution in [3.63, 3.8) is 0 Å². The van der Waals surface area contributed by atoms with Crippen LogP contribution in [0.25, 0.3) is 11.0 Å². The molecule has 3 rings (SSSR count). The molecule has 1 amide bonds. The highest BCUT2D eigenvalue weighted by Crippen LogP contribution is 2.22. The molecule has 7 heteroatoms. The lowest BCUT2D eigenvalue weighted by atomic mass is 10.0. The lowest BCUT2D eigenvalue weighted by Crippen LogP contribution is -2.45. The quantitative estimate of drug-likeness (QED) is 0.459. The van der Waals surface area contributed by atoms with E-state index in [1.165, 1.54) is 18.2 Å². The molecule has 0 aliphatic rings. The van der Waals surface area contributed by atoms with Crippen molar-refractivity contribution >= 4 is 22.8 Å². The van der Waals surface area contributed by atoms with Crippen LogP contribution in [0.4, 0.5) is 0 Å². The van der Waals surface area contributed by atoms with Gasteiger partial charge in [0.1, 0.15) is 24.0 Å². The van der Waals surface area contributed by atoms with Crippen LogP contribution in [0.3, 0.4) is 0 Å². The van der Waals surface area contributed by atoms with Gasteiger partial charge in [-0.3, -0.25) is 4.79 Å². The van der Waals surface area contributed by atoms with Crippen LogP contribution in [-0.2, 0) is 27.4 Å². The minimum atomic E-state index is -0.823. The van der Waals surface area contributed by atoms with Crippen LogP contribution in [0.1, 0.15) is 25.0 Å². The van der Waals surface area contributed by atoms with Crippen LogP contribution >= 0.6 is 0 Å². The predicted octanol–water partition coefficient (Wildman–Crippen LogP) is 2.93. The van der Waals surface area contributed by atoms with Gasteiger partial charge in [-0.1, -0.05) is 44.2 Å². The highest BCUT2D eigenvalue weighted by molar-refractivity contribution is 5.86. The number of phenolic OH excluding ortho intramolecular Hbond substituents is 1. The molecule has 30 heavy (non-hydrogen) atoms. The van der Waals surface area contributed by atoms with Gasteiger partial charge in [-0.05, 0) is 23.6 Å². The van der Waals surface area contributed by atoms with Gasteiger partial charge in [-0.15, -0.1) is 0 Å². The van der Waals surface area contributed by atoms with Crippen molar-refractivity contribution in [3.8, 4) is 5.75 Å². The molecule has 0 bridgehead atoms. The van der Waals surface area contributed by atoms with Gasteiger partial charge in [-0.25, -0.2) is 9.59 Å². The number of rotatable bonds is 7. The molecule has 0 aliphatic heterocycles. The number of esters is 1. The maximum Gasteiger partial charge on any atom is 0.336 e. The van der Waals surface area contributed by atoms with E-state index in [0.29, 0.717) is 10.9 Å². The fourth-order valence-electron chi connectivity index (χ4n) is 3.08. The number of hydrogen-bond donors (Lipinski definition) is 2. The highest BCUT2D eigenvalue weighted by atomic mass is 16.5. The third-order valence-corrected chi connectivity index (χ3v) is 4.63. The zero-order chi connectivity index (χ0) is 21.7. The second-order valence-corrected chi connectivity index (χ2v) is 7.33. The van der Waals surface area contributed by atoms with Crippen molar-refractivity contribution in [2.75, 3.05) is 0 Å². The summed E-state index contributed by atoms with van der Waals surface area (Å²) in [4.78, 5) is 36.8. The molecule has 1 aromatic heterocycles. The van der Waals surface area contributed by atoms with Crippen LogP contribution in [0, 0.1) is 5.92 Å². The van der Waals surface area contributed by atoms with Gasteiger partial charge < -0.3 is 19.6 Å². The van der Waals surface area contributed by atoms with E-state index < -0.39 is 17.6 Å². The molecule has 0 aliphatic carbocycles. The molecule has 3 aromatic rings. The lowest BCUT2D eigenvalue weighted by Gasteiger charge is -2.21. The summed E-state index contributed by atoms with van der Waals surface area (Å²) in [6.07, 6.45) is 0.158. The lowest BCUT2D eigenvalue weighted by molar-refractivity contribution is -0.150. The van der Waals surface area contributed by atoms with Crippen molar-refractivity contribution in [1.29, 1.82) is 0 Å². The second kappa shape index (κ2) is 9.26. The van der Waals surface area contributed by atoms with Crippen LogP contribution in [0.15, 0.2) is 63.8 Å². The molecule has 0 radical (unpaired) electrons. The van der Waals surface area contributed by atoms with Crippen LogP contribution in [-0.4, -0.2) is 23.0 Å². The highest BCUT2D eigenvalue weighted by Gasteiger charge is 2.26. The molecule has 2 aromatic carbocycles. The third kappa shape index (κ3) is 5.26. The Morgan fingerprint density at radius 3 is 2.53 bits per heavy atom. The normalized spacial score (nSPS) is 12.0. The van der Waals surface area contributed by atoms with E-state index >= 15 is 0 Å². The SMILES string of the molecule is CC(C)[C@H](NC(=O)Cc1ccccc1)C(=O)OCc1cc(=O)oc2cc(O)ccc12. The van der Waals surface area contributed by atoms with Crippen molar-refractivity contribution in [3.05, 3.63) is 76.1 Å². The summed E-state index contributed by atoms with van der Waals surface area (Å²) < 4.78 is 10.5. The first kappa shape index (κ1) is 21.1. The second-order valence-electron chi connectivity index (χ2n) is 7.33. The summed E-state index contributed by atoms with van der Waals surface area (Å²) in [7, 11) is 0. The first-order valence-corrected chi connectivity index (χ1v) is 9.59. The molecule has 156 valence electrons. The zero-order valence-electron chi connectivity index (χ0n) is 16.8. The number of amides is 1. The van der Waals surface area contributed by atoms with Gasteiger partial charge in [0.25, 0.3) is 0 Å². The Hall–Kier alpha value is -3.61. The Morgan fingerprint density at radius 2 is 1.83 bits per heavy atom. The Labute approximate surface area is 173 Å². The van der Waals surface area contributed by atoms with Crippen molar-refractivity contribution in [2.24, 2.45) is 5.92 Å². The molecule has 0 saturated heterocycles. The number of carbonyl (C=O) groups is 2. The number of fused-ring (bicyclic) bond motifs is 1. The summed E-state index contributed by atoms with van der Waals surface area (Å²) in [5.41, 5.74) is 0.880. The zero-order valence-corrected chi connectivity index (χ0v) is 16.8. The van der Waals surface area contributed by atoms with E-state index in [0.717, 1.165) is 5.56 Å². The average molecular weight is 409 g/mol. The molecule has 0 unspecified atom stereocenters. The third-order valence-electron chi connectivity index (χ3n) is 4.63.